The van der Waals surface area contributed by atoms with Crippen LogP contribution in [-0.4, -0.2) is 27.3 Å². The Morgan fingerprint density at radius 2 is 2.25 bits per heavy atom. The van der Waals surface area contributed by atoms with Crippen molar-refractivity contribution < 1.29 is 9.53 Å². The van der Waals surface area contributed by atoms with Crippen LogP contribution in [0.4, 0.5) is 0 Å². The molecule has 20 heavy (non-hydrogen) atoms. The quantitative estimate of drug-likeness (QED) is 0.732. The molecule has 6 heteroatoms. The molecule has 3 rings (SSSR count). The number of aromatic nitrogens is 3. The highest BCUT2D eigenvalue weighted by Crippen LogP contribution is 2.27. The summed E-state index contributed by atoms with van der Waals surface area (Å²) in [5.41, 5.74) is 1.72. The number of thiazole rings is 1. The van der Waals surface area contributed by atoms with Crippen molar-refractivity contribution >= 4 is 17.1 Å². The Bertz CT molecular complexity index is 693. The molecule has 0 saturated carbocycles. The minimum absolute atomic E-state index is 0.0291. The van der Waals surface area contributed by atoms with Crippen LogP contribution in [0.3, 0.4) is 0 Å². The van der Waals surface area contributed by atoms with Crippen molar-refractivity contribution in [2.24, 2.45) is 0 Å². The number of nitrogens with one attached hydrogen (secondary N) is 1. The average Bonchev–Trinajstić information content (AvgIpc) is 3.17. The van der Waals surface area contributed by atoms with E-state index in [0.29, 0.717) is 10.8 Å². The fourth-order valence-electron chi connectivity index (χ4n) is 1.78. The molecule has 0 saturated heterocycles. The van der Waals surface area contributed by atoms with Crippen LogP contribution in [0.15, 0.2) is 48.4 Å². The van der Waals surface area contributed by atoms with Gasteiger partial charge in [0.2, 0.25) is 5.78 Å². The Labute approximate surface area is 119 Å². The van der Waals surface area contributed by atoms with E-state index in [9.17, 15) is 4.79 Å². The number of para-hydroxylation sites is 1. The number of rotatable bonds is 5. The largest absolute Gasteiger partial charge is 0.485 e. The maximum absolute atomic E-state index is 11.9. The number of imidazole rings is 1. The number of hydrogen-bond donors (Lipinski definition) is 1. The first-order chi connectivity index (χ1) is 9.84. The van der Waals surface area contributed by atoms with E-state index in [1.807, 2.05) is 24.3 Å². The number of ketones is 1. The van der Waals surface area contributed by atoms with Crippen LogP contribution in [0, 0.1) is 0 Å². The molecular formula is C14H11N3O2S. The van der Waals surface area contributed by atoms with Crippen LogP contribution in [-0.2, 0) is 0 Å². The van der Waals surface area contributed by atoms with Gasteiger partial charge < -0.3 is 9.72 Å². The van der Waals surface area contributed by atoms with Crippen molar-refractivity contribution in [3.8, 4) is 17.0 Å². The Kier molecular flexibility index (Phi) is 3.56. The lowest BCUT2D eigenvalue weighted by molar-refractivity contribution is 0.0921. The first-order valence-electron chi connectivity index (χ1n) is 5.98. The molecule has 1 N–H and O–H groups in total. The number of carbonyl (C=O) groups is 1. The van der Waals surface area contributed by atoms with Gasteiger partial charge >= 0.3 is 0 Å². The average molecular weight is 285 g/mol. The summed E-state index contributed by atoms with van der Waals surface area (Å²) < 4.78 is 5.62. The summed E-state index contributed by atoms with van der Waals surface area (Å²) >= 11 is 1.31. The molecule has 5 nitrogen and oxygen atoms in total. The van der Waals surface area contributed by atoms with Gasteiger partial charge in [-0.1, -0.05) is 12.1 Å². The van der Waals surface area contributed by atoms with E-state index in [0.717, 1.165) is 11.3 Å². The highest BCUT2D eigenvalue weighted by molar-refractivity contribution is 7.11. The van der Waals surface area contributed by atoms with Crippen LogP contribution in [0.2, 0.25) is 0 Å². The summed E-state index contributed by atoms with van der Waals surface area (Å²) in [5.74, 6) is 0.515. The van der Waals surface area contributed by atoms with Gasteiger partial charge in [0.05, 0.1) is 18.2 Å². The Morgan fingerprint density at radius 1 is 1.35 bits per heavy atom. The van der Waals surface area contributed by atoms with Crippen molar-refractivity contribution in [2.75, 3.05) is 6.61 Å². The molecule has 0 fully saturated rings. The maximum Gasteiger partial charge on any atom is 0.228 e. The highest BCUT2D eigenvalue weighted by atomic mass is 32.1. The lowest BCUT2D eigenvalue weighted by Crippen LogP contribution is -2.11. The van der Waals surface area contributed by atoms with Crippen molar-refractivity contribution in [3.63, 3.8) is 0 Å². The maximum atomic E-state index is 11.9. The minimum atomic E-state index is -0.126. The summed E-state index contributed by atoms with van der Waals surface area (Å²) in [6.07, 6.45) is 4.92. The van der Waals surface area contributed by atoms with Crippen molar-refractivity contribution in [1.29, 1.82) is 0 Å². The Morgan fingerprint density at radius 3 is 3.00 bits per heavy atom. The molecular weight excluding hydrogens is 274 g/mol. The number of nitrogens with zero attached hydrogens (tertiary/aromatic N) is 2. The number of Topliss-reactive ketones (excluding diaryl/α,β-unsaturated/α-hetero) is 1. The second-order valence-corrected chi connectivity index (χ2v) is 4.91. The summed E-state index contributed by atoms with van der Waals surface area (Å²) in [5, 5.41) is 2.23. The van der Waals surface area contributed by atoms with Crippen molar-refractivity contribution in [1.82, 2.24) is 15.0 Å². The van der Waals surface area contributed by atoms with Gasteiger partial charge in [-0.2, -0.15) is 0 Å². The van der Waals surface area contributed by atoms with Gasteiger partial charge in [-0.15, -0.1) is 11.3 Å². The highest BCUT2D eigenvalue weighted by Gasteiger charge is 2.12. The second kappa shape index (κ2) is 5.66. The zero-order chi connectivity index (χ0) is 13.8. The molecule has 1 aromatic carbocycles. The van der Waals surface area contributed by atoms with E-state index in [1.54, 1.807) is 24.1 Å². The van der Waals surface area contributed by atoms with Gasteiger partial charge in [0.25, 0.3) is 0 Å². The van der Waals surface area contributed by atoms with Gasteiger partial charge in [-0.3, -0.25) is 4.79 Å². The number of hydrogen-bond acceptors (Lipinski definition) is 5. The van der Waals surface area contributed by atoms with Gasteiger partial charge in [0.1, 0.15) is 5.75 Å². The number of H-pyrrole nitrogens is 1. The van der Waals surface area contributed by atoms with E-state index in [-0.39, 0.29) is 12.4 Å². The lowest BCUT2D eigenvalue weighted by atomic mass is 10.1. The van der Waals surface area contributed by atoms with Crippen LogP contribution in [0.5, 0.6) is 5.75 Å². The summed E-state index contributed by atoms with van der Waals surface area (Å²) in [6.45, 7) is -0.0291. The molecule has 0 atom stereocenters. The van der Waals surface area contributed by atoms with Crippen LogP contribution >= 0.6 is 11.3 Å². The third kappa shape index (κ3) is 2.60. The first kappa shape index (κ1) is 12.6. The molecule has 0 aliphatic heterocycles. The van der Waals surface area contributed by atoms with E-state index >= 15 is 0 Å². The van der Waals surface area contributed by atoms with Gasteiger partial charge in [0, 0.05) is 17.1 Å². The molecule has 0 aliphatic rings. The molecule has 0 aliphatic carbocycles. The predicted molar refractivity (Wildman–Crippen MR) is 76.0 cm³/mol. The van der Waals surface area contributed by atoms with E-state index in [4.69, 9.17) is 4.74 Å². The smallest absolute Gasteiger partial charge is 0.228 e. The monoisotopic (exact) mass is 285 g/mol. The SMILES string of the molecule is O=C(COc1ccccc1-c1cnc[nH]1)c1nccs1. The number of ether oxygens (including phenoxy) is 1. The third-order valence-electron chi connectivity index (χ3n) is 2.71. The normalized spacial score (nSPS) is 10.4. The molecule has 0 amide bonds. The predicted octanol–water partition coefficient (Wildman–Crippen LogP) is 2.79. The van der Waals surface area contributed by atoms with Gasteiger partial charge in [-0.05, 0) is 12.1 Å². The van der Waals surface area contributed by atoms with Gasteiger partial charge in [0.15, 0.2) is 11.6 Å². The summed E-state index contributed by atoms with van der Waals surface area (Å²) in [7, 11) is 0. The standard InChI is InChI=1S/C14H11N3O2S/c18-12(14-16-5-6-20-14)8-19-13-4-2-1-3-10(13)11-7-15-9-17-11/h1-7,9H,8H2,(H,15,17). The topological polar surface area (TPSA) is 67.9 Å². The van der Waals surface area contributed by atoms with Crippen molar-refractivity contribution in [3.05, 3.63) is 53.4 Å². The summed E-state index contributed by atoms with van der Waals surface area (Å²) in [6, 6.07) is 7.51. The van der Waals surface area contributed by atoms with E-state index < -0.39 is 0 Å². The molecule has 0 unspecified atom stereocenters. The zero-order valence-corrected chi connectivity index (χ0v) is 11.3. The molecule has 100 valence electrons. The third-order valence-corrected chi connectivity index (χ3v) is 3.52. The number of aromatic amines is 1. The van der Waals surface area contributed by atoms with E-state index in [1.165, 1.54) is 11.3 Å². The number of carbonyl (C=O) groups excluding carboxylic acids is 1. The summed E-state index contributed by atoms with van der Waals surface area (Å²) in [4.78, 5) is 22.9. The lowest BCUT2D eigenvalue weighted by Gasteiger charge is -2.08. The van der Waals surface area contributed by atoms with Crippen molar-refractivity contribution in [2.45, 2.75) is 0 Å². The second-order valence-electron chi connectivity index (χ2n) is 4.01. The fourth-order valence-corrected chi connectivity index (χ4v) is 2.35. The molecule has 0 bridgehead atoms. The van der Waals surface area contributed by atoms with Crippen LogP contribution in [0.25, 0.3) is 11.3 Å². The Balaban J connectivity index is 1.77. The molecule has 2 aromatic heterocycles. The minimum Gasteiger partial charge on any atom is -0.485 e. The fraction of sp³-hybridized carbons (Fsp3) is 0.0714. The van der Waals surface area contributed by atoms with Gasteiger partial charge in [-0.25, -0.2) is 9.97 Å². The first-order valence-corrected chi connectivity index (χ1v) is 6.86. The van der Waals surface area contributed by atoms with E-state index in [2.05, 4.69) is 15.0 Å². The molecule has 0 radical (unpaired) electrons. The molecule has 0 spiro atoms. The van der Waals surface area contributed by atoms with Crippen LogP contribution in [0.1, 0.15) is 9.80 Å². The zero-order valence-electron chi connectivity index (χ0n) is 10.4. The van der Waals surface area contributed by atoms with Crippen LogP contribution < -0.4 is 4.74 Å². The number of benzene rings is 1. The molecule has 2 heterocycles. The Hall–Kier alpha value is -2.47. The molecule has 3 aromatic rings.